The summed E-state index contributed by atoms with van der Waals surface area (Å²) in [4.78, 5) is 56.7. The molecule has 4 unspecified atom stereocenters. The molecule has 0 saturated carbocycles. The van der Waals surface area contributed by atoms with Gasteiger partial charge in [-0.1, -0.05) is 44.2 Å². The van der Waals surface area contributed by atoms with Crippen molar-refractivity contribution in [2.45, 2.75) is 57.3 Å². The number of imidazole rings is 1. The average molecular weight is 503 g/mol. The first-order chi connectivity index (χ1) is 17.1. The minimum Gasteiger partial charge on any atom is -0.480 e. The van der Waals surface area contributed by atoms with Crippen LogP contribution in [0.15, 0.2) is 42.9 Å². The molecule has 0 radical (unpaired) electrons. The molecule has 1 heterocycles. The lowest BCUT2D eigenvalue weighted by Crippen LogP contribution is -2.58. The molecule has 0 bridgehead atoms. The second kappa shape index (κ2) is 14.0. The smallest absolute Gasteiger partial charge is 0.326 e. The molecule has 8 N–H and O–H groups in total. The topological polar surface area (TPSA) is 200 Å². The van der Waals surface area contributed by atoms with Crippen molar-refractivity contribution in [1.29, 1.82) is 0 Å². The van der Waals surface area contributed by atoms with Crippen molar-refractivity contribution in [2.75, 3.05) is 6.61 Å². The third kappa shape index (κ3) is 9.12. The number of carbonyl (C=O) groups excluding carboxylic acids is 3. The zero-order valence-electron chi connectivity index (χ0n) is 20.3. The van der Waals surface area contributed by atoms with Gasteiger partial charge in [-0.05, 0) is 17.9 Å². The molecule has 0 aliphatic heterocycles. The molecule has 4 atom stereocenters. The number of aromatic nitrogens is 2. The van der Waals surface area contributed by atoms with Gasteiger partial charge in [-0.15, -0.1) is 0 Å². The molecule has 12 heteroatoms. The Kier molecular flexibility index (Phi) is 11.0. The van der Waals surface area contributed by atoms with Crippen molar-refractivity contribution in [3.8, 4) is 0 Å². The molecule has 2 aromatic rings. The summed E-state index contributed by atoms with van der Waals surface area (Å²) in [5.41, 5.74) is 7.39. The average Bonchev–Trinajstić information content (AvgIpc) is 3.34. The number of hydrogen-bond donors (Lipinski definition) is 7. The van der Waals surface area contributed by atoms with E-state index in [0.29, 0.717) is 5.69 Å². The van der Waals surface area contributed by atoms with E-state index < -0.39 is 54.5 Å². The molecule has 0 aliphatic rings. The number of benzene rings is 1. The fraction of sp³-hybridized carbons (Fsp3) is 0.458. The van der Waals surface area contributed by atoms with Crippen LogP contribution in [0.2, 0.25) is 0 Å². The molecule has 196 valence electrons. The van der Waals surface area contributed by atoms with Crippen LogP contribution in [0.1, 0.15) is 31.5 Å². The minimum absolute atomic E-state index is 0.00926. The van der Waals surface area contributed by atoms with E-state index in [9.17, 15) is 29.4 Å². The molecular formula is C24H34N6O6. The molecule has 36 heavy (non-hydrogen) atoms. The second-order valence-electron chi connectivity index (χ2n) is 8.91. The fourth-order valence-corrected chi connectivity index (χ4v) is 3.50. The number of aliphatic hydroxyl groups is 1. The summed E-state index contributed by atoms with van der Waals surface area (Å²) in [6.45, 7) is 2.85. The van der Waals surface area contributed by atoms with Crippen LogP contribution in [0, 0.1) is 5.92 Å². The largest absolute Gasteiger partial charge is 0.480 e. The Bertz CT molecular complexity index is 998. The van der Waals surface area contributed by atoms with E-state index in [2.05, 4.69) is 25.9 Å². The highest BCUT2D eigenvalue weighted by Gasteiger charge is 2.30. The number of aliphatic carboxylic acids is 1. The van der Waals surface area contributed by atoms with Gasteiger partial charge in [0, 0.05) is 24.7 Å². The van der Waals surface area contributed by atoms with E-state index in [0.717, 1.165) is 5.56 Å². The summed E-state index contributed by atoms with van der Waals surface area (Å²) < 4.78 is 0. The summed E-state index contributed by atoms with van der Waals surface area (Å²) in [6.07, 6.45) is 3.44. The third-order valence-corrected chi connectivity index (χ3v) is 5.38. The maximum atomic E-state index is 13.1. The van der Waals surface area contributed by atoms with E-state index in [4.69, 9.17) is 5.73 Å². The Balaban J connectivity index is 2.12. The van der Waals surface area contributed by atoms with Crippen molar-refractivity contribution in [3.63, 3.8) is 0 Å². The van der Waals surface area contributed by atoms with Crippen molar-refractivity contribution in [2.24, 2.45) is 11.7 Å². The number of carbonyl (C=O) groups is 4. The van der Waals surface area contributed by atoms with Crippen molar-refractivity contribution in [1.82, 2.24) is 25.9 Å². The SMILES string of the molecule is CC(C)CC(NC(=O)C(CO)NC(=O)C(Cc1ccccc1)NC(=O)C(N)Cc1cnc[nH]1)C(=O)O. The predicted molar refractivity (Wildman–Crippen MR) is 130 cm³/mol. The standard InChI is InChI=1S/C24H34N6O6/c1-14(2)8-19(24(35)36)29-23(34)20(12-31)30-22(33)18(9-15-6-4-3-5-7-15)28-21(32)17(25)10-16-11-26-13-27-16/h3-7,11,13-14,17-20,31H,8-10,12,25H2,1-2H3,(H,26,27)(H,28,32)(H,29,34)(H,30,33)(H,35,36). The molecule has 0 aliphatic carbocycles. The van der Waals surface area contributed by atoms with Gasteiger partial charge in [-0.3, -0.25) is 14.4 Å². The highest BCUT2D eigenvalue weighted by Crippen LogP contribution is 2.07. The second-order valence-corrected chi connectivity index (χ2v) is 8.91. The van der Waals surface area contributed by atoms with Crippen LogP contribution in [-0.2, 0) is 32.0 Å². The van der Waals surface area contributed by atoms with Crippen LogP contribution >= 0.6 is 0 Å². The zero-order valence-corrected chi connectivity index (χ0v) is 20.3. The van der Waals surface area contributed by atoms with Crippen molar-refractivity contribution >= 4 is 23.7 Å². The normalized spacial score (nSPS) is 14.4. The van der Waals surface area contributed by atoms with Gasteiger partial charge in [0.25, 0.3) is 0 Å². The maximum Gasteiger partial charge on any atom is 0.326 e. The summed E-state index contributed by atoms with van der Waals surface area (Å²) >= 11 is 0. The first-order valence-electron chi connectivity index (χ1n) is 11.6. The van der Waals surface area contributed by atoms with Gasteiger partial charge < -0.3 is 36.9 Å². The number of nitrogens with zero attached hydrogens (tertiary/aromatic N) is 1. The highest BCUT2D eigenvalue weighted by molar-refractivity contribution is 5.94. The van der Waals surface area contributed by atoms with E-state index in [-0.39, 0.29) is 25.2 Å². The van der Waals surface area contributed by atoms with Gasteiger partial charge in [-0.25, -0.2) is 9.78 Å². The number of carboxylic acids is 1. The van der Waals surface area contributed by atoms with Gasteiger partial charge in [0.05, 0.1) is 19.0 Å². The lowest BCUT2D eigenvalue weighted by molar-refractivity contribution is -0.143. The van der Waals surface area contributed by atoms with Crippen LogP contribution in [-0.4, -0.2) is 74.6 Å². The summed E-state index contributed by atoms with van der Waals surface area (Å²) in [7, 11) is 0. The summed E-state index contributed by atoms with van der Waals surface area (Å²) in [6, 6.07) is 4.24. The first kappa shape index (κ1) is 28.5. The number of hydrogen-bond acceptors (Lipinski definition) is 7. The number of nitrogens with one attached hydrogen (secondary N) is 4. The van der Waals surface area contributed by atoms with Gasteiger partial charge in [-0.2, -0.15) is 0 Å². The van der Waals surface area contributed by atoms with Crippen LogP contribution in [0.3, 0.4) is 0 Å². The number of H-pyrrole nitrogens is 1. The van der Waals surface area contributed by atoms with E-state index >= 15 is 0 Å². The number of amides is 3. The molecule has 1 aromatic heterocycles. The first-order valence-corrected chi connectivity index (χ1v) is 11.6. The van der Waals surface area contributed by atoms with E-state index in [1.807, 2.05) is 0 Å². The summed E-state index contributed by atoms with van der Waals surface area (Å²) in [5, 5.41) is 26.5. The Hall–Kier alpha value is -3.77. The molecule has 3 amide bonds. The predicted octanol–water partition coefficient (Wildman–Crippen LogP) is -0.900. The van der Waals surface area contributed by atoms with Gasteiger partial charge in [0.1, 0.15) is 18.1 Å². The number of aliphatic hydroxyl groups excluding tert-OH is 1. The van der Waals surface area contributed by atoms with Crippen LogP contribution in [0.25, 0.3) is 0 Å². The van der Waals surface area contributed by atoms with Gasteiger partial charge >= 0.3 is 5.97 Å². The number of nitrogens with two attached hydrogens (primary N) is 1. The number of rotatable bonds is 14. The molecule has 0 fully saturated rings. The molecule has 1 aromatic carbocycles. The lowest BCUT2D eigenvalue weighted by atomic mass is 10.0. The van der Waals surface area contributed by atoms with Gasteiger partial charge in [0.2, 0.25) is 17.7 Å². The highest BCUT2D eigenvalue weighted by atomic mass is 16.4. The minimum atomic E-state index is -1.42. The van der Waals surface area contributed by atoms with Crippen molar-refractivity contribution < 1.29 is 29.4 Å². The van der Waals surface area contributed by atoms with E-state index in [1.54, 1.807) is 44.2 Å². The van der Waals surface area contributed by atoms with Crippen molar-refractivity contribution in [3.05, 3.63) is 54.1 Å². The Morgan fingerprint density at radius 2 is 1.56 bits per heavy atom. The molecule has 0 spiro atoms. The number of aromatic amines is 1. The quantitative estimate of drug-likeness (QED) is 0.172. The van der Waals surface area contributed by atoms with Crippen LogP contribution < -0.4 is 21.7 Å². The van der Waals surface area contributed by atoms with Crippen LogP contribution in [0.5, 0.6) is 0 Å². The van der Waals surface area contributed by atoms with Crippen LogP contribution in [0.4, 0.5) is 0 Å². The third-order valence-electron chi connectivity index (χ3n) is 5.38. The molecule has 0 saturated heterocycles. The van der Waals surface area contributed by atoms with Gasteiger partial charge in [0.15, 0.2) is 0 Å². The molecule has 12 nitrogen and oxygen atoms in total. The summed E-state index contributed by atoms with van der Waals surface area (Å²) in [5.74, 6) is -3.40. The fourth-order valence-electron chi connectivity index (χ4n) is 3.50. The monoisotopic (exact) mass is 502 g/mol. The Labute approximate surface area is 209 Å². The maximum absolute atomic E-state index is 13.1. The molecule has 2 rings (SSSR count). The number of carboxylic acid groups (broad SMARTS) is 1. The Morgan fingerprint density at radius 1 is 0.944 bits per heavy atom. The Morgan fingerprint density at radius 3 is 2.11 bits per heavy atom. The van der Waals surface area contributed by atoms with E-state index in [1.165, 1.54) is 12.5 Å². The lowest BCUT2D eigenvalue weighted by Gasteiger charge is -2.24. The molecular weight excluding hydrogens is 468 g/mol. The zero-order chi connectivity index (χ0) is 26.7.